The summed E-state index contributed by atoms with van der Waals surface area (Å²) in [6.07, 6.45) is 5.39. The summed E-state index contributed by atoms with van der Waals surface area (Å²) < 4.78 is 5.53. The maximum Gasteiger partial charge on any atom is 0.248 e. The van der Waals surface area contributed by atoms with Gasteiger partial charge in [0.1, 0.15) is 0 Å². The molecule has 3 rings (SSSR count). The molecule has 132 valence electrons. The van der Waals surface area contributed by atoms with Crippen molar-refractivity contribution in [1.82, 2.24) is 9.80 Å². The summed E-state index contributed by atoms with van der Waals surface area (Å²) in [5, 5.41) is 0. The average molecular weight is 331 g/mol. The van der Waals surface area contributed by atoms with Crippen molar-refractivity contribution in [2.24, 2.45) is 5.73 Å². The average Bonchev–Trinajstić information content (AvgIpc) is 3.24. The Morgan fingerprint density at radius 2 is 2.04 bits per heavy atom. The zero-order valence-corrected chi connectivity index (χ0v) is 14.8. The molecule has 0 radical (unpaired) electrons. The Hall–Kier alpha value is -1.43. The molecule has 1 heterocycles. The number of nitrogens with two attached hydrogens (primary N) is 1. The van der Waals surface area contributed by atoms with Gasteiger partial charge in [-0.25, -0.2) is 0 Å². The second-order valence-corrected chi connectivity index (χ2v) is 7.18. The van der Waals surface area contributed by atoms with E-state index in [1.807, 2.05) is 31.4 Å². The SMILES string of the molecule is COC1CCN([C@H]2CCC[C@H]2N(C)Cc2ccc(C(N)=O)cc2)C1. The summed E-state index contributed by atoms with van der Waals surface area (Å²) in [7, 11) is 4.04. The van der Waals surface area contributed by atoms with E-state index >= 15 is 0 Å². The summed E-state index contributed by atoms with van der Waals surface area (Å²) in [5.74, 6) is -0.368. The largest absolute Gasteiger partial charge is 0.380 e. The molecule has 0 aromatic heterocycles. The van der Waals surface area contributed by atoms with Gasteiger partial charge in [-0.05, 0) is 44.0 Å². The van der Waals surface area contributed by atoms with Gasteiger partial charge < -0.3 is 10.5 Å². The van der Waals surface area contributed by atoms with Crippen molar-refractivity contribution in [2.75, 3.05) is 27.2 Å². The molecule has 5 nitrogen and oxygen atoms in total. The van der Waals surface area contributed by atoms with E-state index in [9.17, 15) is 4.79 Å². The van der Waals surface area contributed by atoms with Crippen LogP contribution in [0.3, 0.4) is 0 Å². The summed E-state index contributed by atoms with van der Waals surface area (Å²) in [5.41, 5.74) is 7.11. The lowest BCUT2D eigenvalue weighted by molar-refractivity contribution is 0.0841. The van der Waals surface area contributed by atoms with E-state index in [1.54, 1.807) is 0 Å². The van der Waals surface area contributed by atoms with Crippen molar-refractivity contribution >= 4 is 5.91 Å². The van der Waals surface area contributed by atoms with Crippen molar-refractivity contribution in [3.8, 4) is 0 Å². The molecule has 0 spiro atoms. The van der Waals surface area contributed by atoms with E-state index in [1.165, 1.54) is 24.8 Å². The smallest absolute Gasteiger partial charge is 0.248 e. The standard InChI is InChI=1S/C19H29N3O2/c1-21(12-14-6-8-15(9-7-14)19(20)23)17-4-3-5-18(17)22-11-10-16(13-22)24-2/h6-9,16-18H,3-5,10-13H2,1-2H3,(H2,20,23)/t16?,17-,18+/m1/s1. The number of benzene rings is 1. The fourth-order valence-electron chi connectivity index (χ4n) is 4.29. The van der Waals surface area contributed by atoms with Crippen LogP contribution in [-0.2, 0) is 11.3 Å². The first-order chi connectivity index (χ1) is 11.6. The molecule has 3 atom stereocenters. The van der Waals surface area contributed by atoms with Gasteiger partial charge in [-0.15, -0.1) is 0 Å². The Balaban J connectivity index is 1.61. The summed E-state index contributed by atoms with van der Waals surface area (Å²) >= 11 is 0. The predicted octanol–water partition coefficient (Wildman–Crippen LogP) is 1.86. The van der Waals surface area contributed by atoms with Gasteiger partial charge in [0.05, 0.1) is 6.10 Å². The fourth-order valence-corrected chi connectivity index (χ4v) is 4.29. The number of likely N-dealkylation sites (N-methyl/N-ethyl adjacent to an activating group) is 1. The lowest BCUT2D eigenvalue weighted by Gasteiger charge is -2.35. The van der Waals surface area contributed by atoms with Crippen LogP contribution < -0.4 is 5.73 Å². The minimum Gasteiger partial charge on any atom is -0.380 e. The molecule has 5 heteroatoms. The molecule has 1 aliphatic carbocycles. The fraction of sp³-hybridized carbons (Fsp3) is 0.632. The normalized spacial score (nSPS) is 27.9. The highest BCUT2D eigenvalue weighted by molar-refractivity contribution is 5.92. The molecular weight excluding hydrogens is 302 g/mol. The highest BCUT2D eigenvalue weighted by Gasteiger charge is 2.37. The molecule has 1 aromatic rings. The second kappa shape index (κ2) is 7.64. The number of ether oxygens (including phenoxy) is 1. The van der Waals surface area contributed by atoms with Crippen molar-refractivity contribution in [1.29, 1.82) is 0 Å². The highest BCUT2D eigenvalue weighted by Crippen LogP contribution is 2.31. The molecule has 1 saturated heterocycles. The van der Waals surface area contributed by atoms with E-state index in [4.69, 9.17) is 10.5 Å². The number of likely N-dealkylation sites (tertiary alicyclic amines) is 1. The van der Waals surface area contributed by atoms with Crippen LogP contribution in [0.1, 0.15) is 41.6 Å². The van der Waals surface area contributed by atoms with E-state index in [0.29, 0.717) is 23.8 Å². The third-order valence-electron chi connectivity index (χ3n) is 5.66. The molecule has 2 aliphatic rings. The van der Waals surface area contributed by atoms with Crippen LogP contribution in [0, 0.1) is 0 Å². The van der Waals surface area contributed by atoms with Gasteiger partial charge in [0.25, 0.3) is 0 Å². The van der Waals surface area contributed by atoms with Crippen LogP contribution in [0.5, 0.6) is 0 Å². The van der Waals surface area contributed by atoms with Gasteiger partial charge in [0, 0.05) is 44.4 Å². The summed E-state index contributed by atoms with van der Waals surface area (Å²) in [6.45, 7) is 3.13. The van der Waals surface area contributed by atoms with Crippen LogP contribution in [-0.4, -0.2) is 61.1 Å². The van der Waals surface area contributed by atoms with Crippen molar-refractivity contribution in [2.45, 2.75) is 50.4 Å². The van der Waals surface area contributed by atoms with Gasteiger partial charge in [-0.3, -0.25) is 14.6 Å². The number of carbonyl (C=O) groups excluding carboxylic acids is 1. The molecule has 2 fully saturated rings. The van der Waals surface area contributed by atoms with Crippen molar-refractivity contribution in [3.63, 3.8) is 0 Å². The molecule has 1 saturated carbocycles. The van der Waals surface area contributed by atoms with Gasteiger partial charge in [-0.1, -0.05) is 18.6 Å². The Kier molecular flexibility index (Phi) is 5.54. The third-order valence-corrected chi connectivity index (χ3v) is 5.66. The van der Waals surface area contributed by atoms with Gasteiger partial charge in [-0.2, -0.15) is 0 Å². The third kappa shape index (κ3) is 3.79. The minimum atomic E-state index is -0.368. The summed E-state index contributed by atoms with van der Waals surface area (Å²) in [4.78, 5) is 16.3. The number of carbonyl (C=O) groups is 1. The number of primary amides is 1. The Morgan fingerprint density at radius 1 is 1.29 bits per heavy atom. The summed E-state index contributed by atoms with van der Waals surface area (Å²) in [6, 6.07) is 8.90. The highest BCUT2D eigenvalue weighted by atomic mass is 16.5. The molecule has 1 unspecified atom stereocenters. The predicted molar refractivity (Wildman–Crippen MR) is 94.8 cm³/mol. The Labute approximate surface area is 144 Å². The zero-order chi connectivity index (χ0) is 17.1. The zero-order valence-electron chi connectivity index (χ0n) is 14.8. The maximum absolute atomic E-state index is 11.2. The number of rotatable bonds is 6. The van der Waals surface area contributed by atoms with Crippen LogP contribution >= 0.6 is 0 Å². The molecule has 1 aliphatic heterocycles. The first-order valence-corrected chi connectivity index (χ1v) is 8.94. The van der Waals surface area contributed by atoms with Gasteiger partial charge in [0.15, 0.2) is 0 Å². The topological polar surface area (TPSA) is 58.8 Å². The molecular formula is C19H29N3O2. The molecule has 0 bridgehead atoms. The van der Waals surface area contributed by atoms with Crippen LogP contribution in [0.25, 0.3) is 0 Å². The molecule has 2 N–H and O–H groups in total. The molecule has 1 aromatic carbocycles. The Morgan fingerprint density at radius 3 is 2.67 bits per heavy atom. The van der Waals surface area contributed by atoms with Crippen LogP contribution in [0.15, 0.2) is 24.3 Å². The maximum atomic E-state index is 11.2. The van der Waals surface area contributed by atoms with E-state index in [-0.39, 0.29) is 5.91 Å². The first kappa shape index (κ1) is 17.4. The van der Waals surface area contributed by atoms with E-state index < -0.39 is 0 Å². The number of hydrogen-bond acceptors (Lipinski definition) is 4. The van der Waals surface area contributed by atoms with E-state index in [2.05, 4.69) is 16.8 Å². The number of methoxy groups -OCH3 is 1. The second-order valence-electron chi connectivity index (χ2n) is 7.18. The monoisotopic (exact) mass is 331 g/mol. The lowest BCUT2D eigenvalue weighted by atomic mass is 10.1. The minimum absolute atomic E-state index is 0.368. The molecule has 1 amide bonds. The number of hydrogen-bond donors (Lipinski definition) is 1. The van der Waals surface area contributed by atoms with Crippen LogP contribution in [0.4, 0.5) is 0 Å². The van der Waals surface area contributed by atoms with E-state index in [0.717, 1.165) is 26.1 Å². The van der Waals surface area contributed by atoms with Crippen molar-refractivity contribution < 1.29 is 9.53 Å². The van der Waals surface area contributed by atoms with Gasteiger partial charge in [0.2, 0.25) is 5.91 Å². The van der Waals surface area contributed by atoms with Gasteiger partial charge >= 0.3 is 0 Å². The molecule has 24 heavy (non-hydrogen) atoms. The first-order valence-electron chi connectivity index (χ1n) is 8.94. The number of nitrogens with zero attached hydrogens (tertiary/aromatic N) is 2. The van der Waals surface area contributed by atoms with Crippen LogP contribution in [0.2, 0.25) is 0 Å². The quantitative estimate of drug-likeness (QED) is 0.864. The Bertz CT molecular complexity index is 560. The number of amides is 1. The van der Waals surface area contributed by atoms with Crippen molar-refractivity contribution in [3.05, 3.63) is 35.4 Å². The lowest BCUT2D eigenvalue weighted by Crippen LogP contribution is -2.46.